The topological polar surface area (TPSA) is 119 Å². The Morgan fingerprint density at radius 3 is 2.87 bits per heavy atom. The molecule has 4 N–H and O–H groups in total. The van der Waals surface area contributed by atoms with Crippen LogP contribution in [0.2, 0.25) is 5.02 Å². The number of nitrogens with zero attached hydrogens (tertiary/aromatic N) is 3. The minimum Gasteiger partial charge on any atom is -0.484 e. The third-order valence-electron chi connectivity index (χ3n) is 4.64. The minimum absolute atomic E-state index is 0.261. The second kappa shape index (κ2) is 8.00. The molecule has 1 atom stereocenters. The quantitative estimate of drug-likeness (QED) is 0.441. The lowest BCUT2D eigenvalue weighted by molar-refractivity contribution is 0.102. The van der Waals surface area contributed by atoms with Gasteiger partial charge in [0.05, 0.1) is 5.39 Å². The number of rotatable bonds is 5. The lowest BCUT2D eigenvalue weighted by Gasteiger charge is -2.16. The smallest absolute Gasteiger partial charge is 0.255 e. The summed E-state index contributed by atoms with van der Waals surface area (Å²) in [7, 11) is 0. The van der Waals surface area contributed by atoms with E-state index in [0.717, 1.165) is 5.56 Å². The van der Waals surface area contributed by atoms with Crippen LogP contribution in [-0.4, -0.2) is 26.1 Å². The van der Waals surface area contributed by atoms with Gasteiger partial charge in [-0.2, -0.15) is 5.10 Å². The number of aryl methyl sites for hydroxylation is 1. The number of fused-ring (bicyclic) bond motifs is 1. The van der Waals surface area contributed by atoms with Crippen LogP contribution >= 0.6 is 11.6 Å². The Morgan fingerprint density at radius 1 is 1.23 bits per heavy atom. The third-order valence-corrected chi connectivity index (χ3v) is 4.87. The van der Waals surface area contributed by atoms with Crippen LogP contribution in [0.25, 0.3) is 11.0 Å². The molecule has 0 radical (unpaired) electrons. The number of hydrogen-bond acceptors (Lipinski definition) is 6. The number of halogens is 1. The van der Waals surface area contributed by atoms with E-state index in [1.54, 1.807) is 30.3 Å². The highest BCUT2D eigenvalue weighted by Crippen LogP contribution is 2.31. The Balaban J connectivity index is 1.56. The highest BCUT2D eigenvalue weighted by molar-refractivity contribution is 6.31. The number of carbonyl (C=O) groups excluding carboxylic acids is 1. The van der Waals surface area contributed by atoms with E-state index < -0.39 is 6.10 Å². The molecule has 0 spiro atoms. The van der Waals surface area contributed by atoms with E-state index in [2.05, 4.69) is 25.5 Å². The van der Waals surface area contributed by atoms with Gasteiger partial charge in [-0.3, -0.25) is 9.89 Å². The maximum absolute atomic E-state index is 12.5. The van der Waals surface area contributed by atoms with Crippen LogP contribution in [0, 0.1) is 6.92 Å². The monoisotopic (exact) mass is 422 g/mol. The summed E-state index contributed by atoms with van der Waals surface area (Å²) in [5, 5.41) is 11.1. The van der Waals surface area contributed by atoms with Crippen molar-refractivity contribution in [1.29, 1.82) is 0 Å². The normalized spacial score (nSPS) is 12.0. The van der Waals surface area contributed by atoms with E-state index >= 15 is 0 Å². The number of anilines is 2. The van der Waals surface area contributed by atoms with Gasteiger partial charge in [0.25, 0.3) is 5.91 Å². The first kappa shape index (κ1) is 19.7. The molecule has 4 rings (SSSR count). The van der Waals surface area contributed by atoms with Crippen molar-refractivity contribution in [3.63, 3.8) is 0 Å². The van der Waals surface area contributed by atoms with Crippen LogP contribution in [0.1, 0.15) is 34.6 Å². The van der Waals surface area contributed by atoms with Crippen molar-refractivity contribution in [2.75, 3.05) is 11.1 Å². The molecule has 2 heterocycles. The third kappa shape index (κ3) is 3.90. The van der Waals surface area contributed by atoms with Gasteiger partial charge in [-0.05, 0) is 43.7 Å². The summed E-state index contributed by atoms with van der Waals surface area (Å²) in [5.41, 5.74) is 9.12. The molecular formula is C21H19ClN6O2. The number of nitrogens with two attached hydrogens (primary N) is 1. The van der Waals surface area contributed by atoms with E-state index in [-0.39, 0.29) is 5.91 Å². The molecule has 0 saturated carbocycles. The van der Waals surface area contributed by atoms with Gasteiger partial charge in [-0.25, -0.2) is 9.97 Å². The summed E-state index contributed by atoms with van der Waals surface area (Å²) >= 11 is 5.97. The van der Waals surface area contributed by atoms with Gasteiger partial charge in [0.1, 0.15) is 29.7 Å². The lowest BCUT2D eigenvalue weighted by Crippen LogP contribution is -2.12. The average Bonchev–Trinajstić information content (AvgIpc) is 3.16. The van der Waals surface area contributed by atoms with Crippen LogP contribution in [0.5, 0.6) is 5.75 Å². The highest BCUT2D eigenvalue weighted by atomic mass is 35.5. The number of amides is 1. The molecule has 8 nitrogen and oxygen atoms in total. The Hall–Kier alpha value is -3.65. The van der Waals surface area contributed by atoms with Crippen molar-refractivity contribution < 1.29 is 9.53 Å². The predicted molar refractivity (Wildman–Crippen MR) is 116 cm³/mol. The Morgan fingerprint density at radius 2 is 2.07 bits per heavy atom. The molecular weight excluding hydrogens is 404 g/mol. The second-order valence-electron chi connectivity index (χ2n) is 6.80. The van der Waals surface area contributed by atoms with Crippen LogP contribution in [0.4, 0.5) is 11.5 Å². The largest absolute Gasteiger partial charge is 0.484 e. The number of carbonyl (C=O) groups is 1. The van der Waals surface area contributed by atoms with Gasteiger partial charge in [0.15, 0.2) is 5.65 Å². The summed E-state index contributed by atoms with van der Waals surface area (Å²) in [6, 6.07) is 12.2. The molecule has 0 aliphatic heterocycles. The number of aromatic amines is 1. The van der Waals surface area contributed by atoms with E-state index in [1.807, 2.05) is 26.0 Å². The Kier molecular flexibility index (Phi) is 5.24. The fourth-order valence-corrected chi connectivity index (χ4v) is 3.27. The van der Waals surface area contributed by atoms with Gasteiger partial charge < -0.3 is 15.8 Å². The first-order chi connectivity index (χ1) is 14.4. The van der Waals surface area contributed by atoms with Crippen LogP contribution in [-0.2, 0) is 0 Å². The number of nitrogen functional groups attached to an aromatic ring is 1. The first-order valence-corrected chi connectivity index (χ1v) is 9.59. The number of benzene rings is 2. The summed E-state index contributed by atoms with van der Waals surface area (Å²) in [4.78, 5) is 20.7. The van der Waals surface area contributed by atoms with Crippen LogP contribution < -0.4 is 15.8 Å². The van der Waals surface area contributed by atoms with Crippen molar-refractivity contribution >= 4 is 40.0 Å². The number of H-pyrrole nitrogens is 1. The molecule has 0 aliphatic rings. The summed E-state index contributed by atoms with van der Waals surface area (Å²) in [6.45, 7) is 3.78. The fourth-order valence-electron chi connectivity index (χ4n) is 3.08. The van der Waals surface area contributed by atoms with E-state index in [0.29, 0.717) is 44.6 Å². The minimum atomic E-state index is -0.426. The number of nitrogens with one attached hydrogen (secondary N) is 2. The van der Waals surface area contributed by atoms with Crippen molar-refractivity contribution in [1.82, 2.24) is 20.2 Å². The molecule has 0 fully saturated rings. The van der Waals surface area contributed by atoms with E-state index in [1.165, 1.54) is 6.33 Å². The molecule has 30 heavy (non-hydrogen) atoms. The Bertz CT molecular complexity index is 1240. The molecule has 4 aromatic rings. The summed E-state index contributed by atoms with van der Waals surface area (Å²) in [6.07, 6.45) is 0.950. The maximum Gasteiger partial charge on any atom is 0.255 e. The van der Waals surface area contributed by atoms with Gasteiger partial charge in [-0.1, -0.05) is 23.7 Å². The molecule has 2 aromatic carbocycles. The predicted octanol–water partition coefficient (Wildman–Crippen LogP) is 4.29. The SMILES string of the molecule is Cc1ccc(NC(=O)c2cccc(Cl)c2)cc1OC(C)c1n[nH]c2ncnc(N)c12. The molecule has 9 heteroatoms. The van der Waals surface area contributed by atoms with Crippen LogP contribution in [0.3, 0.4) is 0 Å². The van der Waals surface area contributed by atoms with E-state index in [9.17, 15) is 4.79 Å². The molecule has 152 valence electrons. The standard InChI is InChI=1S/C21H19ClN6O2/c1-11-6-7-15(26-21(29)13-4-3-5-14(22)8-13)9-16(11)30-12(2)18-17-19(23)24-10-25-20(17)28-27-18/h3-10,12H,1-2H3,(H,26,29)(H3,23,24,25,27,28). The van der Waals surface area contributed by atoms with E-state index in [4.69, 9.17) is 22.1 Å². The zero-order valence-corrected chi connectivity index (χ0v) is 17.1. The zero-order chi connectivity index (χ0) is 21.3. The fraction of sp³-hybridized carbons (Fsp3) is 0.143. The molecule has 0 aliphatic carbocycles. The van der Waals surface area contributed by atoms with Crippen molar-refractivity contribution in [3.05, 3.63) is 70.6 Å². The van der Waals surface area contributed by atoms with Gasteiger partial charge in [-0.15, -0.1) is 0 Å². The molecule has 2 aromatic heterocycles. The molecule has 1 unspecified atom stereocenters. The summed E-state index contributed by atoms with van der Waals surface area (Å²) < 4.78 is 6.13. The van der Waals surface area contributed by atoms with Gasteiger partial charge >= 0.3 is 0 Å². The molecule has 0 saturated heterocycles. The second-order valence-corrected chi connectivity index (χ2v) is 7.23. The lowest BCUT2D eigenvalue weighted by atomic mass is 10.1. The number of hydrogen-bond donors (Lipinski definition) is 3. The van der Waals surface area contributed by atoms with Crippen molar-refractivity contribution in [2.45, 2.75) is 20.0 Å². The zero-order valence-electron chi connectivity index (χ0n) is 16.3. The Labute approximate surface area is 177 Å². The first-order valence-electron chi connectivity index (χ1n) is 9.21. The maximum atomic E-state index is 12.5. The summed E-state index contributed by atoms with van der Waals surface area (Å²) in [5.74, 6) is 0.681. The van der Waals surface area contributed by atoms with Crippen molar-refractivity contribution in [3.8, 4) is 5.75 Å². The molecule has 1 amide bonds. The van der Waals surface area contributed by atoms with Crippen molar-refractivity contribution in [2.24, 2.45) is 0 Å². The van der Waals surface area contributed by atoms with Crippen LogP contribution in [0.15, 0.2) is 48.8 Å². The van der Waals surface area contributed by atoms with Gasteiger partial charge in [0.2, 0.25) is 0 Å². The number of ether oxygens (including phenoxy) is 1. The average molecular weight is 423 g/mol. The molecule has 0 bridgehead atoms. The number of aromatic nitrogens is 4. The van der Waals surface area contributed by atoms with Gasteiger partial charge in [0, 0.05) is 22.3 Å². The highest BCUT2D eigenvalue weighted by Gasteiger charge is 2.19.